The highest BCUT2D eigenvalue weighted by Crippen LogP contribution is 2.37. The fourth-order valence-corrected chi connectivity index (χ4v) is 5.25. The Labute approximate surface area is 149 Å². The van der Waals surface area contributed by atoms with Crippen LogP contribution in [0.25, 0.3) is 5.57 Å². The van der Waals surface area contributed by atoms with Gasteiger partial charge in [-0.2, -0.15) is 4.31 Å². The topological polar surface area (TPSA) is 37.4 Å². The van der Waals surface area contributed by atoms with E-state index in [9.17, 15) is 8.42 Å². The van der Waals surface area contributed by atoms with Crippen LogP contribution in [-0.4, -0.2) is 25.3 Å². The molecular weight excluding hydrogens is 330 g/mol. The summed E-state index contributed by atoms with van der Waals surface area (Å²) in [7, 11) is -3.49. The quantitative estimate of drug-likeness (QED) is 0.783. The van der Waals surface area contributed by atoms with E-state index in [0.717, 1.165) is 12.0 Å². The maximum absolute atomic E-state index is 13.2. The van der Waals surface area contributed by atoms with Crippen LogP contribution in [0.4, 0.5) is 0 Å². The molecule has 0 spiro atoms. The third-order valence-corrected chi connectivity index (χ3v) is 6.90. The fourth-order valence-electron chi connectivity index (χ4n) is 3.64. The van der Waals surface area contributed by atoms with E-state index in [-0.39, 0.29) is 12.0 Å². The normalized spacial score (nSPS) is 23.3. The van der Waals surface area contributed by atoms with Gasteiger partial charge < -0.3 is 0 Å². The van der Waals surface area contributed by atoms with Gasteiger partial charge >= 0.3 is 0 Å². The molecule has 1 aliphatic carbocycles. The average Bonchev–Trinajstić information content (AvgIpc) is 2.97. The Balaban J connectivity index is 1.73. The van der Waals surface area contributed by atoms with E-state index < -0.39 is 10.0 Å². The molecule has 0 radical (unpaired) electrons. The van der Waals surface area contributed by atoms with E-state index in [2.05, 4.69) is 30.4 Å². The summed E-state index contributed by atoms with van der Waals surface area (Å²) in [6, 6.07) is 17.2. The van der Waals surface area contributed by atoms with Crippen molar-refractivity contribution in [1.29, 1.82) is 0 Å². The first-order valence-electron chi connectivity index (χ1n) is 8.58. The number of rotatable bonds is 3. The molecule has 5 rings (SSSR count). The van der Waals surface area contributed by atoms with Crippen molar-refractivity contribution in [2.75, 3.05) is 6.54 Å². The van der Waals surface area contributed by atoms with Crippen molar-refractivity contribution in [2.45, 2.75) is 24.3 Å². The Kier molecular flexibility index (Phi) is 4.10. The minimum absolute atomic E-state index is 0.0985. The number of benzene rings is 2. The van der Waals surface area contributed by atoms with Crippen molar-refractivity contribution in [3.63, 3.8) is 0 Å². The maximum Gasteiger partial charge on any atom is 0.243 e. The first-order chi connectivity index (χ1) is 12.1. The summed E-state index contributed by atoms with van der Waals surface area (Å²) >= 11 is 0. The summed E-state index contributed by atoms with van der Waals surface area (Å²) in [4.78, 5) is 0.375. The molecule has 0 N–H and O–H groups in total. The standard InChI is InChI=1S/C21H21NO2S/c1-16-10-12-20(13-11-16)25(23,24)22-15-18-8-5-9-19(22)14-21(18)17-6-3-2-4-7-17/h2-8,10-14,18-19H,9,15H2,1H3/t18-,19-/m1/s1. The smallest absolute Gasteiger partial charge is 0.207 e. The zero-order chi connectivity index (χ0) is 17.4. The SMILES string of the molecule is Cc1ccc(S(=O)(=O)N2C[C@H]3C=CC[C@@H]2C=C3c2ccccc2)cc1. The number of aryl methyl sites for hydroxylation is 1. The van der Waals surface area contributed by atoms with Crippen LogP contribution in [-0.2, 0) is 10.0 Å². The van der Waals surface area contributed by atoms with Crippen molar-refractivity contribution in [2.24, 2.45) is 5.92 Å². The molecule has 2 aromatic carbocycles. The summed E-state index contributed by atoms with van der Waals surface area (Å²) < 4.78 is 28.0. The predicted molar refractivity (Wildman–Crippen MR) is 101 cm³/mol. The molecule has 0 unspecified atom stereocenters. The lowest BCUT2D eigenvalue weighted by Gasteiger charge is -2.35. The van der Waals surface area contributed by atoms with Crippen LogP contribution in [0.1, 0.15) is 17.5 Å². The third-order valence-electron chi connectivity index (χ3n) is 5.00. The van der Waals surface area contributed by atoms with Crippen LogP contribution in [0.15, 0.2) is 77.7 Å². The number of hydrogen-bond donors (Lipinski definition) is 0. The second kappa shape index (κ2) is 6.28. The van der Waals surface area contributed by atoms with Crippen LogP contribution >= 0.6 is 0 Å². The third kappa shape index (κ3) is 2.96. The molecule has 2 bridgehead atoms. The zero-order valence-corrected chi connectivity index (χ0v) is 15.0. The van der Waals surface area contributed by atoms with Crippen LogP contribution < -0.4 is 0 Å². The van der Waals surface area contributed by atoms with Gasteiger partial charge in [-0.15, -0.1) is 0 Å². The number of sulfonamides is 1. The van der Waals surface area contributed by atoms with Gasteiger partial charge in [-0.25, -0.2) is 8.42 Å². The minimum Gasteiger partial charge on any atom is -0.207 e. The molecule has 0 saturated heterocycles. The van der Waals surface area contributed by atoms with Gasteiger partial charge in [0.15, 0.2) is 0 Å². The fraction of sp³-hybridized carbons (Fsp3) is 0.238. The number of hydrogen-bond acceptors (Lipinski definition) is 2. The molecule has 128 valence electrons. The monoisotopic (exact) mass is 351 g/mol. The van der Waals surface area contributed by atoms with Crippen LogP contribution in [0.3, 0.4) is 0 Å². The average molecular weight is 351 g/mol. The highest BCUT2D eigenvalue weighted by Gasteiger charge is 2.37. The van der Waals surface area contributed by atoms with E-state index in [1.807, 2.05) is 37.3 Å². The van der Waals surface area contributed by atoms with E-state index >= 15 is 0 Å². The summed E-state index contributed by atoms with van der Waals surface area (Å²) in [5.41, 5.74) is 3.47. The van der Waals surface area contributed by atoms with Gasteiger partial charge in [0.05, 0.1) is 4.90 Å². The van der Waals surface area contributed by atoms with Crippen molar-refractivity contribution in [1.82, 2.24) is 4.31 Å². The Morgan fingerprint density at radius 2 is 1.72 bits per heavy atom. The van der Waals surface area contributed by atoms with Crippen molar-refractivity contribution >= 4 is 15.6 Å². The molecule has 2 aliphatic heterocycles. The first kappa shape index (κ1) is 16.3. The summed E-state index contributed by atoms with van der Waals surface area (Å²) in [6.07, 6.45) is 7.13. The van der Waals surface area contributed by atoms with Gasteiger partial charge in [0, 0.05) is 18.5 Å². The lowest BCUT2D eigenvalue weighted by molar-refractivity contribution is 0.345. The molecule has 3 aliphatic rings. The van der Waals surface area contributed by atoms with Crippen LogP contribution in [0.5, 0.6) is 0 Å². The maximum atomic E-state index is 13.2. The molecule has 2 heterocycles. The van der Waals surface area contributed by atoms with Crippen LogP contribution in [0, 0.1) is 12.8 Å². The second-order valence-corrected chi connectivity index (χ2v) is 8.60. The van der Waals surface area contributed by atoms with Gasteiger partial charge in [0.2, 0.25) is 10.0 Å². The first-order valence-corrected chi connectivity index (χ1v) is 10.0. The zero-order valence-electron chi connectivity index (χ0n) is 14.2. The predicted octanol–water partition coefficient (Wildman–Crippen LogP) is 4.03. The van der Waals surface area contributed by atoms with Gasteiger partial charge in [0.1, 0.15) is 0 Å². The lowest BCUT2D eigenvalue weighted by Crippen LogP contribution is -2.43. The summed E-state index contributed by atoms with van der Waals surface area (Å²) in [5, 5.41) is 0. The molecule has 4 heteroatoms. The molecule has 2 aromatic rings. The molecule has 0 aromatic heterocycles. The van der Waals surface area contributed by atoms with Crippen molar-refractivity contribution in [3.05, 3.63) is 84.0 Å². The van der Waals surface area contributed by atoms with Crippen LogP contribution in [0.2, 0.25) is 0 Å². The van der Waals surface area contributed by atoms with Gasteiger partial charge in [-0.3, -0.25) is 0 Å². The molecule has 0 saturated carbocycles. The van der Waals surface area contributed by atoms with E-state index in [1.54, 1.807) is 16.4 Å². The summed E-state index contributed by atoms with van der Waals surface area (Å²) in [6.45, 7) is 2.46. The molecule has 25 heavy (non-hydrogen) atoms. The van der Waals surface area contributed by atoms with E-state index in [0.29, 0.717) is 11.4 Å². The number of nitrogens with zero attached hydrogens (tertiary/aromatic N) is 1. The van der Waals surface area contributed by atoms with Crippen molar-refractivity contribution in [3.8, 4) is 0 Å². The van der Waals surface area contributed by atoms with Gasteiger partial charge in [0.25, 0.3) is 0 Å². The van der Waals surface area contributed by atoms with E-state index in [1.165, 1.54) is 11.1 Å². The molecule has 3 nitrogen and oxygen atoms in total. The van der Waals surface area contributed by atoms with E-state index in [4.69, 9.17) is 0 Å². The van der Waals surface area contributed by atoms with Gasteiger partial charge in [-0.05, 0) is 36.6 Å². The van der Waals surface area contributed by atoms with Gasteiger partial charge in [-0.1, -0.05) is 66.3 Å². The second-order valence-electron chi connectivity index (χ2n) is 6.71. The molecular formula is C21H21NO2S. The highest BCUT2D eigenvalue weighted by atomic mass is 32.2. The number of fused-ring (bicyclic) bond motifs is 2. The Bertz CT molecular complexity index is 928. The Morgan fingerprint density at radius 3 is 2.44 bits per heavy atom. The Morgan fingerprint density at radius 1 is 1.00 bits per heavy atom. The highest BCUT2D eigenvalue weighted by molar-refractivity contribution is 7.89. The molecule has 0 amide bonds. The molecule has 0 fully saturated rings. The Hall–Kier alpha value is -2.17. The van der Waals surface area contributed by atoms with Crippen molar-refractivity contribution < 1.29 is 8.42 Å². The molecule has 2 atom stereocenters. The minimum atomic E-state index is -3.49. The summed E-state index contributed by atoms with van der Waals surface area (Å²) in [5.74, 6) is 0.0985. The lowest BCUT2D eigenvalue weighted by atomic mass is 9.89. The largest absolute Gasteiger partial charge is 0.243 e.